The van der Waals surface area contributed by atoms with Gasteiger partial charge in [-0.05, 0) is 59.8 Å². The fourth-order valence-corrected chi connectivity index (χ4v) is 4.02. The summed E-state index contributed by atoms with van der Waals surface area (Å²) in [5.74, 6) is 1.54. The molecule has 0 spiro atoms. The van der Waals surface area contributed by atoms with Crippen molar-refractivity contribution in [3.8, 4) is 0 Å². The molecule has 0 saturated carbocycles. The highest BCUT2D eigenvalue weighted by Crippen LogP contribution is 2.48. The Kier molecular flexibility index (Phi) is 4.14. The Morgan fingerprint density at radius 2 is 1.14 bits per heavy atom. The molecule has 114 valence electrons. The highest BCUT2D eigenvalue weighted by atomic mass is 16.6. The van der Waals surface area contributed by atoms with Gasteiger partial charge in [-0.3, -0.25) is 0 Å². The molecule has 0 saturated heterocycles. The first kappa shape index (κ1) is 14.6. The van der Waals surface area contributed by atoms with E-state index in [2.05, 4.69) is 48.5 Å². The molecule has 0 amide bonds. The van der Waals surface area contributed by atoms with Gasteiger partial charge in [0.1, 0.15) is 0 Å². The minimum atomic E-state index is -1.83. The maximum Gasteiger partial charge on any atom is 0.503 e. The van der Waals surface area contributed by atoms with Gasteiger partial charge >= 0.3 is 6.16 Å². The quantitative estimate of drug-likeness (QED) is 0.804. The van der Waals surface area contributed by atoms with E-state index in [1.165, 1.54) is 25.7 Å². The first-order valence-corrected chi connectivity index (χ1v) is 7.74. The number of aryl methyl sites for hydroxylation is 2. The van der Waals surface area contributed by atoms with Gasteiger partial charge in [-0.25, -0.2) is 4.79 Å². The molecule has 2 aliphatic rings. The third-order valence-corrected chi connectivity index (χ3v) is 4.84. The lowest BCUT2D eigenvalue weighted by Gasteiger charge is -2.20. The van der Waals surface area contributed by atoms with Gasteiger partial charge in [0.2, 0.25) is 0 Å². The molecule has 2 aliphatic carbocycles. The van der Waals surface area contributed by atoms with Crippen LogP contribution in [0, 0.1) is 0 Å². The van der Waals surface area contributed by atoms with E-state index in [0.717, 1.165) is 11.8 Å². The van der Waals surface area contributed by atoms with E-state index >= 15 is 0 Å². The van der Waals surface area contributed by atoms with Crippen LogP contribution in [-0.2, 0) is 12.8 Å². The number of hydrogen-bond donors (Lipinski definition) is 2. The largest absolute Gasteiger partial charge is 0.503 e. The van der Waals surface area contributed by atoms with Crippen molar-refractivity contribution >= 4 is 6.16 Å². The van der Waals surface area contributed by atoms with Crippen molar-refractivity contribution in [2.24, 2.45) is 0 Å². The number of fused-ring (bicyclic) bond motifs is 2. The second-order valence-electron chi connectivity index (χ2n) is 5.97. The zero-order valence-corrected chi connectivity index (χ0v) is 12.4. The van der Waals surface area contributed by atoms with Gasteiger partial charge in [-0.1, -0.05) is 48.5 Å². The van der Waals surface area contributed by atoms with Crippen LogP contribution in [0.4, 0.5) is 4.79 Å². The maximum absolute atomic E-state index is 8.56. The Morgan fingerprint density at radius 1 is 0.773 bits per heavy atom. The van der Waals surface area contributed by atoms with E-state index in [4.69, 9.17) is 15.0 Å². The lowest BCUT2D eigenvalue weighted by Crippen LogP contribution is -2.05. The Balaban J connectivity index is 0.000000325. The van der Waals surface area contributed by atoms with Crippen molar-refractivity contribution in [1.82, 2.24) is 0 Å². The summed E-state index contributed by atoms with van der Waals surface area (Å²) in [7, 11) is 0. The first-order chi connectivity index (χ1) is 10.7. The van der Waals surface area contributed by atoms with Crippen molar-refractivity contribution in [1.29, 1.82) is 0 Å². The molecule has 2 unspecified atom stereocenters. The lowest BCUT2D eigenvalue weighted by atomic mass is 9.83. The molecular weight excluding hydrogens is 276 g/mol. The second-order valence-corrected chi connectivity index (χ2v) is 5.97. The summed E-state index contributed by atoms with van der Waals surface area (Å²) in [6.07, 6.45) is 3.41. The van der Waals surface area contributed by atoms with E-state index in [1.54, 1.807) is 22.3 Å². The number of rotatable bonds is 1. The van der Waals surface area contributed by atoms with Crippen molar-refractivity contribution in [3.63, 3.8) is 0 Å². The molecule has 2 atom stereocenters. The summed E-state index contributed by atoms with van der Waals surface area (Å²) < 4.78 is 0. The van der Waals surface area contributed by atoms with Crippen LogP contribution >= 0.6 is 0 Å². The highest BCUT2D eigenvalue weighted by molar-refractivity contribution is 5.53. The van der Waals surface area contributed by atoms with E-state index < -0.39 is 6.16 Å². The topological polar surface area (TPSA) is 57.5 Å². The number of carbonyl (C=O) groups is 1. The molecule has 0 aliphatic heterocycles. The molecule has 22 heavy (non-hydrogen) atoms. The molecule has 2 aromatic carbocycles. The summed E-state index contributed by atoms with van der Waals surface area (Å²) in [5.41, 5.74) is 6.43. The Morgan fingerprint density at radius 3 is 1.55 bits per heavy atom. The summed E-state index contributed by atoms with van der Waals surface area (Å²) in [5, 5.41) is 13.9. The SMILES string of the molecule is O=C(O)O.c1ccc2c(c1)CCC2C1CCc2ccccc21. The third-order valence-electron chi connectivity index (χ3n) is 4.84. The second kappa shape index (κ2) is 6.22. The molecule has 2 N–H and O–H groups in total. The maximum atomic E-state index is 8.56. The molecule has 4 rings (SSSR count). The first-order valence-electron chi connectivity index (χ1n) is 7.74. The average molecular weight is 296 g/mol. The van der Waals surface area contributed by atoms with Crippen LogP contribution in [0.5, 0.6) is 0 Å². The van der Waals surface area contributed by atoms with E-state index in [9.17, 15) is 0 Å². The fraction of sp³-hybridized carbons (Fsp3) is 0.316. The third kappa shape index (κ3) is 2.84. The van der Waals surface area contributed by atoms with Crippen LogP contribution in [0.1, 0.15) is 46.9 Å². The predicted molar refractivity (Wildman–Crippen MR) is 85.7 cm³/mol. The highest BCUT2D eigenvalue weighted by Gasteiger charge is 2.34. The van der Waals surface area contributed by atoms with Crippen molar-refractivity contribution in [2.45, 2.75) is 37.5 Å². The van der Waals surface area contributed by atoms with Crippen LogP contribution < -0.4 is 0 Å². The zero-order chi connectivity index (χ0) is 15.5. The van der Waals surface area contributed by atoms with Crippen molar-refractivity contribution < 1.29 is 15.0 Å². The molecule has 2 aromatic rings. The summed E-state index contributed by atoms with van der Waals surface area (Å²) in [4.78, 5) is 8.56. The molecule has 0 fully saturated rings. The molecular formula is C19H20O3. The van der Waals surface area contributed by atoms with E-state index in [-0.39, 0.29) is 0 Å². The minimum absolute atomic E-state index is 0.768. The van der Waals surface area contributed by atoms with Gasteiger partial charge in [0.25, 0.3) is 0 Å². The minimum Gasteiger partial charge on any atom is -0.450 e. The summed E-state index contributed by atoms with van der Waals surface area (Å²) in [6.45, 7) is 0. The molecule has 0 aromatic heterocycles. The number of carboxylic acid groups (broad SMARTS) is 2. The molecule has 3 nitrogen and oxygen atoms in total. The van der Waals surface area contributed by atoms with Gasteiger partial charge in [0.15, 0.2) is 0 Å². The Bertz CT molecular complexity index is 620. The number of benzene rings is 2. The molecule has 0 radical (unpaired) electrons. The molecule has 0 bridgehead atoms. The van der Waals surface area contributed by atoms with E-state index in [0.29, 0.717) is 0 Å². The van der Waals surface area contributed by atoms with Crippen LogP contribution in [0.25, 0.3) is 0 Å². The normalized spacial score (nSPS) is 21.5. The summed E-state index contributed by atoms with van der Waals surface area (Å²) in [6, 6.07) is 18.1. The van der Waals surface area contributed by atoms with Crippen LogP contribution in [0.2, 0.25) is 0 Å². The van der Waals surface area contributed by atoms with Crippen molar-refractivity contribution in [3.05, 3.63) is 70.8 Å². The molecule has 3 heteroatoms. The van der Waals surface area contributed by atoms with Gasteiger partial charge in [0.05, 0.1) is 0 Å². The predicted octanol–water partition coefficient (Wildman–Crippen LogP) is 4.67. The standard InChI is InChI=1S/C18H18.CH2O3/c1-3-7-15-13(5-1)9-11-17(15)18-12-10-14-6-2-4-8-16(14)18;2-1(3)4/h1-8,17-18H,9-12H2;(H2,2,3,4). The van der Waals surface area contributed by atoms with Gasteiger partial charge in [-0.15, -0.1) is 0 Å². The van der Waals surface area contributed by atoms with Gasteiger partial charge in [0, 0.05) is 0 Å². The van der Waals surface area contributed by atoms with Gasteiger partial charge in [-0.2, -0.15) is 0 Å². The average Bonchev–Trinajstić information content (AvgIpc) is 3.09. The summed E-state index contributed by atoms with van der Waals surface area (Å²) >= 11 is 0. The zero-order valence-electron chi connectivity index (χ0n) is 12.4. The fourth-order valence-electron chi connectivity index (χ4n) is 4.02. The smallest absolute Gasteiger partial charge is 0.450 e. The van der Waals surface area contributed by atoms with Crippen molar-refractivity contribution in [2.75, 3.05) is 0 Å². The van der Waals surface area contributed by atoms with Crippen LogP contribution in [0.3, 0.4) is 0 Å². The Labute approximate surface area is 130 Å². The van der Waals surface area contributed by atoms with E-state index in [1.807, 2.05) is 0 Å². The lowest BCUT2D eigenvalue weighted by molar-refractivity contribution is 0.137. The molecule has 0 heterocycles. The monoisotopic (exact) mass is 296 g/mol. The number of hydrogen-bond acceptors (Lipinski definition) is 1. The van der Waals surface area contributed by atoms with Crippen LogP contribution in [-0.4, -0.2) is 16.4 Å². The van der Waals surface area contributed by atoms with Crippen LogP contribution in [0.15, 0.2) is 48.5 Å². The Hall–Kier alpha value is -2.29. The van der Waals surface area contributed by atoms with Gasteiger partial charge < -0.3 is 10.2 Å².